The molecule has 0 aliphatic heterocycles. The van der Waals surface area contributed by atoms with E-state index < -0.39 is 6.10 Å². The molecule has 0 aliphatic carbocycles. The second-order valence-corrected chi connectivity index (χ2v) is 4.30. The number of carbonyl (C=O) groups is 1. The van der Waals surface area contributed by atoms with Crippen molar-refractivity contribution < 1.29 is 19.0 Å². The maximum atomic E-state index is 11.8. The Bertz CT molecular complexity index is 391. The van der Waals surface area contributed by atoms with Crippen LogP contribution >= 0.6 is 0 Å². The number of nitrogens with one attached hydrogen (secondary N) is 1. The molecule has 2 atom stereocenters. The second-order valence-electron chi connectivity index (χ2n) is 4.30. The zero-order valence-electron chi connectivity index (χ0n) is 11.8. The smallest absolute Gasteiger partial charge is 0.261 e. The van der Waals surface area contributed by atoms with Gasteiger partial charge in [-0.05, 0) is 38.1 Å². The first-order valence-corrected chi connectivity index (χ1v) is 6.16. The van der Waals surface area contributed by atoms with Crippen LogP contribution in [0.4, 0.5) is 0 Å². The number of rotatable bonds is 7. The van der Waals surface area contributed by atoms with E-state index >= 15 is 0 Å². The topological polar surface area (TPSA) is 56.8 Å². The maximum absolute atomic E-state index is 11.8. The molecule has 0 saturated heterocycles. The van der Waals surface area contributed by atoms with Crippen molar-refractivity contribution in [1.29, 1.82) is 0 Å². The van der Waals surface area contributed by atoms with Gasteiger partial charge in [-0.1, -0.05) is 0 Å². The van der Waals surface area contributed by atoms with Crippen LogP contribution in [0.2, 0.25) is 0 Å². The molecule has 0 spiro atoms. The van der Waals surface area contributed by atoms with E-state index in [2.05, 4.69) is 5.32 Å². The van der Waals surface area contributed by atoms with Crippen LogP contribution in [-0.2, 0) is 9.53 Å². The zero-order valence-corrected chi connectivity index (χ0v) is 11.8. The van der Waals surface area contributed by atoms with E-state index in [4.69, 9.17) is 14.2 Å². The standard InChI is InChI=1S/C14H21NO4/c1-10(9-17-3)15-14(16)11(2)19-13-7-5-12(18-4)6-8-13/h5-8,10-11H,9H2,1-4H3,(H,15,16)/t10-,11+/m1/s1. The monoisotopic (exact) mass is 267 g/mol. The third kappa shape index (κ3) is 5.18. The third-order valence-corrected chi connectivity index (χ3v) is 2.55. The fraction of sp³-hybridized carbons (Fsp3) is 0.500. The Kier molecular flexibility index (Phi) is 6.15. The van der Waals surface area contributed by atoms with Gasteiger partial charge in [0.25, 0.3) is 5.91 Å². The van der Waals surface area contributed by atoms with Gasteiger partial charge in [-0.2, -0.15) is 0 Å². The predicted molar refractivity (Wildman–Crippen MR) is 72.6 cm³/mol. The highest BCUT2D eigenvalue weighted by atomic mass is 16.5. The van der Waals surface area contributed by atoms with Gasteiger partial charge in [-0.25, -0.2) is 0 Å². The molecule has 0 unspecified atom stereocenters. The molecule has 0 aliphatic rings. The molecule has 0 aromatic heterocycles. The molecule has 1 rings (SSSR count). The Morgan fingerprint density at radius 3 is 2.26 bits per heavy atom. The van der Waals surface area contributed by atoms with Crippen LogP contribution in [0, 0.1) is 0 Å². The first kappa shape index (κ1) is 15.3. The minimum atomic E-state index is -0.562. The van der Waals surface area contributed by atoms with E-state index in [-0.39, 0.29) is 11.9 Å². The number of hydrogen-bond acceptors (Lipinski definition) is 4. The van der Waals surface area contributed by atoms with E-state index in [0.29, 0.717) is 12.4 Å². The van der Waals surface area contributed by atoms with Gasteiger partial charge < -0.3 is 19.5 Å². The molecule has 1 amide bonds. The fourth-order valence-corrected chi connectivity index (χ4v) is 1.56. The molecule has 5 nitrogen and oxygen atoms in total. The van der Waals surface area contributed by atoms with Crippen molar-refractivity contribution in [3.63, 3.8) is 0 Å². The molecule has 106 valence electrons. The van der Waals surface area contributed by atoms with Gasteiger partial charge in [-0.15, -0.1) is 0 Å². The Morgan fingerprint density at radius 2 is 1.74 bits per heavy atom. The molecule has 0 bridgehead atoms. The Hall–Kier alpha value is -1.75. The van der Waals surface area contributed by atoms with Crippen LogP contribution in [-0.4, -0.2) is 38.9 Å². The summed E-state index contributed by atoms with van der Waals surface area (Å²) in [5.74, 6) is 1.21. The predicted octanol–water partition coefficient (Wildman–Crippen LogP) is 1.61. The van der Waals surface area contributed by atoms with Gasteiger partial charge >= 0.3 is 0 Å². The van der Waals surface area contributed by atoms with Gasteiger partial charge in [0, 0.05) is 13.2 Å². The Labute approximate surface area is 113 Å². The summed E-state index contributed by atoms with van der Waals surface area (Å²) in [6.07, 6.45) is -0.562. The van der Waals surface area contributed by atoms with Crippen LogP contribution in [0.5, 0.6) is 11.5 Å². The fourth-order valence-electron chi connectivity index (χ4n) is 1.56. The Balaban J connectivity index is 2.48. The maximum Gasteiger partial charge on any atom is 0.261 e. The van der Waals surface area contributed by atoms with Crippen LogP contribution in [0.15, 0.2) is 24.3 Å². The average Bonchev–Trinajstić information content (AvgIpc) is 2.39. The number of amides is 1. The number of benzene rings is 1. The lowest BCUT2D eigenvalue weighted by Crippen LogP contribution is -2.43. The average molecular weight is 267 g/mol. The molecule has 0 radical (unpaired) electrons. The van der Waals surface area contributed by atoms with E-state index in [9.17, 15) is 4.79 Å². The van der Waals surface area contributed by atoms with Crippen LogP contribution < -0.4 is 14.8 Å². The van der Waals surface area contributed by atoms with Gasteiger partial charge in [-0.3, -0.25) is 4.79 Å². The summed E-state index contributed by atoms with van der Waals surface area (Å²) in [4.78, 5) is 11.8. The van der Waals surface area contributed by atoms with Crippen molar-refractivity contribution in [3.05, 3.63) is 24.3 Å². The SMILES string of the molecule is COC[C@@H](C)NC(=O)[C@H](C)Oc1ccc(OC)cc1. The first-order chi connectivity index (χ1) is 9.06. The lowest BCUT2D eigenvalue weighted by atomic mass is 10.3. The summed E-state index contributed by atoms with van der Waals surface area (Å²) in [5, 5.41) is 2.81. The van der Waals surface area contributed by atoms with Crippen molar-refractivity contribution in [2.45, 2.75) is 26.0 Å². The summed E-state index contributed by atoms with van der Waals surface area (Å²) >= 11 is 0. The molecule has 19 heavy (non-hydrogen) atoms. The largest absolute Gasteiger partial charge is 0.497 e. The number of carbonyl (C=O) groups excluding carboxylic acids is 1. The van der Waals surface area contributed by atoms with Crippen LogP contribution in [0.1, 0.15) is 13.8 Å². The zero-order chi connectivity index (χ0) is 14.3. The first-order valence-electron chi connectivity index (χ1n) is 6.16. The molecule has 1 N–H and O–H groups in total. The minimum absolute atomic E-state index is 0.0422. The lowest BCUT2D eigenvalue weighted by Gasteiger charge is -2.18. The summed E-state index contributed by atoms with van der Waals surface area (Å²) in [7, 11) is 3.20. The molecule has 1 aromatic carbocycles. The molecular weight excluding hydrogens is 246 g/mol. The quantitative estimate of drug-likeness (QED) is 0.815. The molecule has 0 fully saturated rings. The van der Waals surface area contributed by atoms with Crippen molar-refractivity contribution in [2.24, 2.45) is 0 Å². The van der Waals surface area contributed by atoms with Gasteiger partial charge in [0.15, 0.2) is 6.10 Å². The number of ether oxygens (including phenoxy) is 3. The van der Waals surface area contributed by atoms with E-state index in [1.807, 2.05) is 6.92 Å². The summed E-state index contributed by atoms with van der Waals surface area (Å²) in [6.45, 7) is 4.06. The molecule has 0 saturated carbocycles. The lowest BCUT2D eigenvalue weighted by molar-refractivity contribution is -0.128. The third-order valence-electron chi connectivity index (χ3n) is 2.55. The van der Waals surface area contributed by atoms with E-state index in [1.54, 1.807) is 45.4 Å². The van der Waals surface area contributed by atoms with Gasteiger partial charge in [0.1, 0.15) is 11.5 Å². The highest BCUT2D eigenvalue weighted by Crippen LogP contribution is 2.18. The summed E-state index contributed by atoms with van der Waals surface area (Å²) in [6, 6.07) is 7.06. The van der Waals surface area contributed by atoms with Crippen LogP contribution in [0.3, 0.4) is 0 Å². The van der Waals surface area contributed by atoms with Crippen molar-refractivity contribution in [3.8, 4) is 11.5 Å². The number of hydrogen-bond donors (Lipinski definition) is 1. The normalized spacial score (nSPS) is 13.5. The highest BCUT2D eigenvalue weighted by Gasteiger charge is 2.16. The minimum Gasteiger partial charge on any atom is -0.497 e. The van der Waals surface area contributed by atoms with E-state index in [1.165, 1.54) is 0 Å². The van der Waals surface area contributed by atoms with E-state index in [0.717, 1.165) is 5.75 Å². The van der Waals surface area contributed by atoms with Crippen molar-refractivity contribution >= 4 is 5.91 Å². The number of methoxy groups -OCH3 is 2. The van der Waals surface area contributed by atoms with Crippen LogP contribution in [0.25, 0.3) is 0 Å². The highest BCUT2D eigenvalue weighted by molar-refractivity contribution is 5.80. The second kappa shape index (κ2) is 7.63. The molecular formula is C14H21NO4. The van der Waals surface area contributed by atoms with Crippen molar-refractivity contribution in [2.75, 3.05) is 20.8 Å². The molecule has 5 heteroatoms. The van der Waals surface area contributed by atoms with Crippen molar-refractivity contribution in [1.82, 2.24) is 5.32 Å². The van der Waals surface area contributed by atoms with Gasteiger partial charge in [0.05, 0.1) is 13.7 Å². The molecule has 1 aromatic rings. The summed E-state index contributed by atoms with van der Waals surface area (Å²) < 4.78 is 15.6. The summed E-state index contributed by atoms with van der Waals surface area (Å²) in [5.41, 5.74) is 0. The Morgan fingerprint density at radius 1 is 1.16 bits per heavy atom. The van der Waals surface area contributed by atoms with Gasteiger partial charge in [0.2, 0.25) is 0 Å². The molecule has 0 heterocycles.